The van der Waals surface area contributed by atoms with Crippen LogP contribution in [0.25, 0.3) is 6.08 Å². The molecule has 2 heterocycles. The number of allylic oxidation sites excluding steroid dienone is 1. The van der Waals surface area contributed by atoms with E-state index in [2.05, 4.69) is 38.0 Å². The van der Waals surface area contributed by atoms with E-state index in [0.29, 0.717) is 18.3 Å². The number of carbonyl (C=O) groups is 2. The summed E-state index contributed by atoms with van der Waals surface area (Å²) in [6.45, 7) is 4.11. The number of benzene rings is 1. The third-order valence-corrected chi connectivity index (χ3v) is 4.75. The van der Waals surface area contributed by atoms with E-state index >= 15 is 0 Å². The minimum atomic E-state index is -0.688. The van der Waals surface area contributed by atoms with E-state index in [1.54, 1.807) is 23.9 Å². The number of nitrogens with one attached hydrogen (secondary N) is 1. The van der Waals surface area contributed by atoms with E-state index < -0.39 is 12.1 Å². The Hall–Kier alpha value is -3.07. The standard InChI is InChI=1S/C19H19BrN6O2/c1-4-10-26-15-16(24(2)19(28)25(3)17(15)27)22-18(26)23-21-12-14(20)11-13-8-6-5-7-9-13/h4-9,11-12,15H,1,10H2,2-3H3/p+1/b14-11-,21-12+. The van der Waals surface area contributed by atoms with Gasteiger partial charge in [-0.15, -0.1) is 5.10 Å². The molecule has 0 bridgehead atoms. The number of aliphatic imine (C=N–C) groups is 1. The van der Waals surface area contributed by atoms with Gasteiger partial charge in [-0.2, -0.15) is 5.43 Å². The van der Waals surface area contributed by atoms with Gasteiger partial charge in [-0.05, 0) is 27.6 Å². The molecule has 144 valence electrons. The molecule has 1 N–H and O–H groups in total. The van der Waals surface area contributed by atoms with Crippen LogP contribution in [0.3, 0.4) is 0 Å². The highest BCUT2D eigenvalue weighted by atomic mass is 79.9. The van der Waals surface area contributed by atoms with E-state index in [9.17, 15) is 9.59 Å². The molecule has 3 rings (SSSR count). The summed E-state index contributed by atoms with van der Waals surface area (Å²) in [4.78, 5) is 31.6. The Bertz CT molecular complexity index is 935. The maximum atomic E-state index is 12.6. The van der Waals surface area contributed by atoms with Crippen LogP contribution in [0.15, 0.2) is 57.6 Å². The number of hydrogen-bond donors (Lipinski definition) is 1. The quantitative estimate of drug-likeness (QED) is 0.326. The molecule has 1 atom stereocenters. The van der Waals surface area contributed by atoms with Gasteiger partial charge in [0.15, 0.2) is 0 Å². The molecular weight excluding hydrogens is 424 g/mol. The molecule has 1 aromatic rings. The number of likely N-dealkylation sites (N-methyl/N-ethyl adjacent to an activating group) is 2. The van der Waals surface area contributed by atoms with Gasteiger partial charge in [-0.1, -0.05) is 48.0 Å². The van der Waals surface area contributed by atoms with Crippen molar-refractivity contribution in [3.8, 4) is 0 Å². The largest absolute Gasteiger partial charge is 0.414 e. The van der Waals surface area contributed by atoms with Gasteiger partial charge >= 0.3 is 12.0 Å². The summed E-state index contributed by atoms with van der Waals surface area (Å²) in [6.07, 6.45) is 5.18. The number of hydrogen-bond acceptors (Lipinski definition) is 5. The molecule has 28 heavy (non-hydrogen) atoms. The zero-order valence-corrected chi connectivity index (χ0v) is 17.1. The van der Waals surface area contributed by atoms with Crippen LogP contribution in [0.4, 0.5) is 4.79 Å². The van der Waals surface area contributed by atoms with Crippen LogP contribution < -0.4 is 5.43 Å². The fraction of sp³-hybridized carbons (Fsp3) is 0.211. The van der Waals surface area contributed by atoms with Crippen molar-refractivity contribution in [1.29, 1.82) is 0 Å². The minimum absolute atomic E-state index is 0.338. The average Bonchev–Trinajstić information content (AvgIpc) is 3.04. The maximum absolute atomic E-state index is 12.6. The van der Waals surface area contributed by atoms with Gasteiger partial charge in [0.1, 0.15) is 0 Å². The molecule has 0 saturated carbocycles. The van der Waals surface area contributed by atoms with Crippen molar-refractivity contribution in [2.24, 2.45) is 10.1 Å². The molecule has 1 unspecified atom stereocenters. The van der Waals surface area contributed by atoms with Crippen LogP contribution in [0.2, 0.25) is 0 Å². The van der Waals surface area contributed by atoms with Crippen LogP contribution >= 0.6 is 15.9 Å². The zero-order chi connectivity index (χ0) is 20.3. The maximum Gasteiger partial charge on any atom is 0.414 e. The first-order valence-corrected chi connectivity index (χ1v) is 9.33. The van der Waals surface area contributed by atoms with Gasteiger partial charge in [-0.3, -0.25) is 14.6 Å². The second kappa shape index (κ2) is 8.30. The van der Waals surface area contributed by atoms with E-state index in [0.717, 1.165) is 14.9 Å². The van der Waals surface area contributed by atoms with Crippen LogP contribution in [-0.2, 0) is 4.79 Å². The van der Waals surface area contributed by atoms with Crippen molar-refractivity contribution in [2.45, 2.75) is 6.04 Å². The molecule has 0 spiro atoms. The first kappa shape index (κ1) is 19.7. The number of imide groups is 1. The Balaban J connectivity index is 1.83. The number of guanidine groups is 1. The van der Waals surface area contributed by atoms with Crippen LogP contribution in [0.5, 0.6) is 0 Å². The highest BCUT2D eigenvalue weighted by Crippen LogP contribution is 2.18. The van der Waals surface area contributed by atoms with Crippen LogP contribution in [0, 0.1) is 0 Å². The smallest absolute Gasteiger partial charge is 0.270 e. The zero-order valence-electron chi connectivity index (χ0n) is 15.5. The molecule has 8 nitrogen and oxygen atoms in total. The number of fused-ring (bicyclic) bond motifs is 1. The monoisotopic (exact) mass is 443 g/mol. The van der Waals surface area contributed by atoms with Crippen molar-refractivity contribution in [3.63, 3.8) is 0 Å². The van der Waals surface area contributed by atoms with Gasteiger partial charge in [0, 0.05) is 18.6 Å². The Labute approximate surface area is 171 Å². The number of hydrazone groups is 1. The van der Waals surface area contributed by atoms with Crippen LogP contribution in [-0.4, -0.2) is 71.0 Å². The molecule has 1 saturated heterocycles. The van der Waals surface area contributed by atoms with Gasteiger partial charge in [0.05, 0.1) is 12.8 Å². The van der Waals surface area contributed by atoms with E-state index in [-0.39, 0.29) is 5.91 Å². The lowest BCUT2D eigenvalue weighted by Crippen LogP contribution is -2.61. The summed E-state index contributed by atoms with van der Waals surface area (Å²) in [5.74, 6) is 0.403. The lowest BCUT2D eigenvalue weighted by atomic mass is 10.1. The number of urea groups is 1. The fourth-order valence-electron chi connectivity index (χ4n) is 2.92. The average molecular weight is 444 g/mol. The van der Waals surface area contributed by atoms with E-state index in [1.165, 1.54) is 11.9 Å². The van der Waals surface area contributed by atoms with Gasteiger partial charge in [-0.25, -0.2) is 9.37 Å². The minimum Gasteiger partial charge on any atom is -0.270 e. The molecule has 3 amide bonds. The fourth-order valence-corrected chi connectivity index (χ4v) is 3.28. The van der Waals surface area contributed by atoms with Gasteiger partial charge in [0.2, 0.25) is 11.9 Å². The van der Waals surface area contributed by atoms with Gasteiger partial charge < -0.3 is 0 Å². The second-order valence-corrected chi connectivity index (χ2v) is 7.10. The number of amidine groups is 1. The predicted octanol–water partition coefficient (Wildman–Crippen LogP) is 1.86. The summed E-state index contributed by atoms with van der Waals surface area (Å²) in [6, 6.07) is 8.70. The summed E-state index contributed by atoms with van der Waals surface area (Å²) >= 11 is 3.45. The normalized spacial score (nSPS) is 20.0. The summed E-state index contributed by atoms with van der Waals surface area (Å²) in [7, 11) is 3.05. The first-order valence-electron chi connectivity index (χ1n) is 8.53. The summed E-state index contributed by atoms with van der Waals surface area (Å²) in [5.41, 5.74) is 3.89. The Kier molecular flexibility index (Phi) is 5.84. The molecule has 9 heteroatoms. The Morgan fingerprint density at radius 2 is 2.04 bits per heavy atom. The molecule has 2 aliphatic rings. The first-order chi connectivity index (χ1) is 13.4. The summed E-state index contributed by atoms with van der Waals surface area (Å²) < 4.78 is 2.48. The van der Waals surface area contributed by atoms with Crippen molar-refractivity contribution in [3.05, 3.63) is 53.0 Å². The number of carbonyl (C=O) groups excluding carboxylic acids is 2. The Morgan fingerprint density at radius 1 is 1.32 bits per heavy atom. The van der Waals surface area contributed by atoms with Crippen molar-refractivity contribution in [1.82, 2.24) is 15.2 Å². The van der Waals surface area contributed by atoms with Crippen molar-refractivity contribution in [2.75, 3.05) is 20.6 Å². The topological polar surface area (TPSA) is 80.4 Å². The predicted molar refractivity (Wildman–Crippen MR) is 112 cm³/mol. The third-order valence-electron chi connectivity index (χ3n) is 4.31. The van der Waals surface area contributed by atoms with Gasteiger partial charge in [0.25, 0.3) is 5.91 Å². The number of amides is 3. The number of rotatable bonds is 5. The molecule has 0 aliphatic carbocycles. The van der Waals surface area contributed by atoms with Crippen LogP contribution in [0.1, 0.15) is 5.56 Å². The molecule has 0 radical (unpaired) electrons. The summed E-state index contributed by atoms with van der Waals surface area (Å²) in [5, 5.41) is 4.19. The lowest BCUT2D eigenvalue weighted by molar-refractivity contribution is -0.527. The third kappa shape index (κ3) is 3.79. The molecule has 1 fully saturated rings. The highest BCUT2D eigenvalue weighted by Gasteiger charge is 2.51. The molecular formula is C19H20BrN6O2+. The van der Waals surface area contributed by atoms with Crippen molar-refractivity contribution < 1.29 is 14.2 Å². The van der Waals surface area contributed by atoms with E-state index in [1.807, 2.05) is 36.4 Å². The highest BCUT2D eigenvalue weighted by molar-refractivity contribution is 9.12. The Morgan fingerprint density at radius 3 is 2.71 bits per heavy atom. The SMILES string of the molecule is C=CC[N+]1=C(N/N=C/C(Br)=C/c2ccccc2)N=C2C1C(=O)N(C)C(=O)N2C. The second-order valence-electron chi connectivity index (χ2n) is 6.19. The number of halogens is 1. The van der Waals surface area contributed by atoms with E-state index in [4.69, 9.17) is 0 Å². The number of nitrogens with zero attached hydrogens (tertiary/aromatic N) is 5. The van der Waals surface area contributed by atoms with Crippen molar-refractivity contribution >= 4 is 52.0 Å². The molecule has 1 aromatic carbocycles. The molecule has 2 aliphatic heterocycles. The lowest BCUT2D eigenvalue weighted by Gasteiger charge is -2.31. The molecule has 0 aromatic heterocycles.